The second-order valence-corrected chi connectivity index (χ2v) is 7.98. The first-order valence-corrected chi connectivity index (χ1v) is 9.31. The normalized spacial score (nSPS) is 20.2. The summed E-state index contributed by atoms with van der Waals surface area (Å²) < 4.78 is 16.0. The van der Waals surface area contributed by atoms with E-state index in [2.05, 4.69) is 25.5 Å². The van der Waals surface area contributed by atoms with Gasteiger partial charge < -0.3 is 14.2 Å². The van der Waals surface area contributed by atoms with Crippen LogP contribution in [0.5, 0.6) is 5.75 Å². The van der Waals surface area contributed by atoms with Gasteiger partial charge in [0, 0.05) is 7.11 Å². The number of esters is 2. The predicted octanol–water partition coefficient (Wildman–Crippen LogP) is 4.63. The van der Waals surface area contributed by atoms with Crippen molar-refractivity contribution in [1.82, 2.24) is 0 Å². The molecule has 5 nitrogen and oxygen atoms in total. The highest BCUT2D eigenvalue weighted by atomic mass is 16.5. The highest BCUT2D eigenvalue weighted by Gasteiger charge is 2.40. The molecule has 148 valence electrons. The molecular formula is C23H26O5. The van der Waals surface area contributed by atoms with Crippen LogP contribution in [0.3, 0.4) is 0 Å². The summed E-state index contributed by atoms with van der Waals surface area (Å²) >= 11 is 0. The van der Waals surface area contributed by atoms with Crippen molar-refractivity contribution in [3.63, 3.8) is 0 Å². The molecule has 0 saturated heterocycles. The third kappa shape index (κ3) is 3.67. The van der Waals surface area contributed by atoms with E-state index in [4.69, 9.17) is 9.47 Å². The van der Waals surface area contributed by atoms with Crippen LogP contribution < -0.4 is 4.74 Å². The summed E-state index contributed by atoms with van der Waals surface area (Å²) in [5, 5.41) is 0. The molecule has 0 saturated carbocycles. The predicted molar refractivity (Wildman–Crippen MR) is 106 cm³/mol. The van der Waals surface area contributed by atoms with Crippen molar-refractivity contribution in [3.8, 4) is 5.75 Å². The van der Waals surface area contributed by atoms with Crippen LogP contribution in [0, 0.1) is 0 Å². The van der Waals surface area contributed by atoms with Gasteiger partial charge in [-0.1, -0.05) is 19.9 Å². The zero-order valence-electron chi connectivity index (χ0n) is 17.0. The maximum Gasteiger partial charge on any atom is 0.343 e. The first-order valence-electron chi connectivity index (χ1n) is 9.31. The Morgan fingerprint density at radius 1 is 0.821 bits per heavy atom. The molecule has 0 aromatic heterocycles. The van der Waals surface area contributed by atoms with E-state index in [1.807, 2.05) is 12.1 Å². The molecule has 0 heterocycles. The fraction of sp³-hybridized carbons (Fsp3) is 0.391. The van der Waals surface area contributed by atoms with E-state index in [-0.39, 0.29) is 5.41 Å². The molecule has 0 bridgehead atoms. The third-order valence-electron chi connectivity index (χ3n) is 5.72. The Hall–Kier alpha value is -2.66. The van der Waals surface area contributed by atoms with Gasteiger partial charge in [0.2, 0.25) is 0 Å². The smallest absolute Gasteiger partial charge is 0.343 e. The molecule has 1 atom stereocenters. The number of ether oxygens (including phenoxy) is 3. The lowest BCUT2D eigenvalue weighted by Crippen LogP contribution is -2.37. The first kappa shape index (κ1) is 20.1. The van der Waals surface area contributed by atoms with Gasteiger partial charge in [0.15, 0.2) is 0 Å². The summed E-state index contributed by atoms with van der Waals surface area (Å²) in [5.41, 5.74) is 2.69. The quantitative estimate of drug-likeness (QED) is 0.570. The van der Waals surface area contributed by atoms with E-state index in [1.165, 1.54) is 12.7 Å². The average molecular weight is 382 g/mol. The Morgan fingerprint density at radius 2 is 1.46 bits per heavy atom. The van der Waals surface area contributed by atoms with Crippen molar-refractivity contribution in [2.24, 2.45) is 0 Å². The summed E-state index contributed by atoms with van der Waals surface area (Å²) in [5.74, 6) is -0.519. The van der Waals surface area contributed by atoms with Crippen molar-refractivity contribution < 1.29 is 23.8 Å². The third-order valence-corrected chi connectivity index (χ3v) is 5.72. The topological polar surface area (TPSA) is 61.8 Å². The van der Waals surface area contributed by atoms with E-state index in [9.17, 15) is 9.59 Å². The number of carbonyl (C=O) groups excluding carboxylic acids is 2. The maximum absolute atomic E-state index is 12.7. The number of rotatable bonds is 4. The summed E-state index contributed by atoms with van der Waals surface area (Å²) in [7, 11) is 3.03. The van der Waals surface area contributed by atoms with Crippen LogP contribution in [0.1, 0.15) is 65.5 Å². The molecule has 0 aliphatic heterocycles. The van der Waals surface area contributed by atoms with Gasteiger partial charge in [-0.15, -0.1) is 0 Å². The monoisotopic (exact) mass is 382 g/mol. The van der Waals surface area contributed by atoms with Crippen LogP contribution in [0.15, 0.2) is 42.5 Å². The van der Waals surface area contributed by atoms with E-state index in [0.717, 1.165) is 18.4 Å². The van der Waals surface area contributed by atoms with Crippen molar-refractivity contribution in [2.75, 3.05) is 14.2 Å². The van der Waals surface area contributed by atoms with Gasteiger partial charge in [-0.05, 0) is 72.7 Å². The highest BCUT2D eigenvalue weighted by Crippen LogP contribution is 2.46. The van der Waals surface area contributed by atoms with Crippen LogP contribution in [-0.4, -0.2) is 26.2 Å². The number of hydrogen-bond donors (Lipinski definition) is 0. The number of fused-ring (bicyclic) bond motifs is 1. The molecule has 1 aliphatic carbocycles. The molecule has 0 N–H and O–H groups in total. The SMILES string of the molecule is COC(=O)c1ccc(OC(=O)c2ccc3c(c2)C(C)(OC)CCC3(C)C)cc1. The number of carbonyl (C=O) groups is 2. The summed E-state index contributed by atoms with van der Waals surface area (Å²) in [4.78, 5) is 24.2. The molecule has 5 heteroatoms. The second-order valence-electron chi connectivity index (χ2n) is 7.98. The van der Waals surface area contributed by atoms with Gasteiger partial charge in [-0.3, -0.25) is 0 Å². The minimum atomic E-state index is -0.449. The molecule has 28 heavy (non-hydrogen) atoms. The van der Waals surface area contributed by atoms with Crippen LogP contribution in [0.4, 0.5) is 0 Å². The molecule has 0 fully saturated rings. The van der Waals surface area contributed by atoms with Gasteiger partial charge in [-0.2, -0.15) is 0 Å². The fourth-order valence-corrected chi connectivity index (χ4v) is 3.67. The largest absolute Gasteiger partial charge is 0.465 e. The lowest BCUT2D eigenvalue weighted by Gasteiger charge is -2.42. The average Bonchev–Trinajstić information content (AvgIpc) is 2.71. The highest BCUT2D eigenvalue weighted by molar-refractivity contribution is 5.92. The lowest BCUT2D eigenvalue weighted by molar-refractivity contribution is -0.0202. The molecule has 1 unspecified atom stereocenters. The molecule has 3 rings (SSSR count). The summed E-state index contributed by atoms with van der Waals surface area (Å²) in [6, 6.07) is 12.0. The molecule has 1 aliphatic rings. The zero-order chi connectivity index (χ0) is 20.5. The first-order chi connectivity index (χ1) is 13.2. The molecule has 0 spiro atoms. The number of methoxy groups -OCH3 is 2. The standard InChI is InChI=1S/C23H26O5/c1-22(2)12-13-23(3,27-5)19-14-16(8-11-18(19)22)21(25)28-17-9-6-15(7-10-17)20(24)26-4/h6-11,14H,12-13H2,1-5H3. The minimum Gasteiger partial charge on any atom is -0.465 e. The van der Waals surface area contributed by atoms with Crippen molar-refractivity contribution in [3.05, 3.63) is 64.7 Å². The molecule has 2 aromatic rings. The fourth-order valence-electron chi connectivity index (χ4n) is 3.67. The Morgan fingerprint density at radius 3 is 2.07 bits per heavy atom. The van der Waals surface area contributed by atoms with Gasteiger partial charge in [0.1, 0.15) is 5.75 Å². The molecule has 0 amide bonds. The molecular weight excluding hydrogens is 356 g/mol. The maximum atomic E-state index is 12.7. The summed E-state index contributed by atoms with van der Waals surface area (Å²) in [6.45, 7) is 6.48. The van der Waals surface area contributed by atoms with E-state index in [1.54, 1.807) is 37.4 Å². The van der Waals surface area contributed by atoms with Crippen molar-refractivity contribution in [2.45, 2.75) is 44.6 Å². The number of benzene rings is 2. The lowest BCUT2D eigenvalue weighted by atomic mass is 9.67. The van der Waals surface area contributed by atoms with Crippen LogP contribution >= 0.6 is 0 Å². The van der Waals surface area contributed by atoms with Crippen molar-refractivity contribution >= 4 is 11.9 Å². The summed E-state index contributed by atoms with van der Waals surface area (Å²) in [6.07, 6.45) is 1.90. The minimum absolute atomic E-state index is 0.0273. The number of hydrogen-bond acceptors (Lipinski definition) is 5. The van der Waals surface area contributed by atoms with Crippen LogP contribution in [0.2, 0.25) is 0 Å². The van der Waals surface area contributed by atoms with Gasteiger partial charge >= 0.3 is 11.9 Å². The van der Waals surface area contributed by atoms with Crippen LogP contribution in [0.25, 0.3) is 0 Å². The molecule has 0 radical (unpaired) electrons. The Labute approximate surface area is 165 Å². The van der Waals surface area contributed by atoms with Gasteiger partial charge in [-0.25, -0.2) is 9.59 Å². The zero-order valence-corrected chi connectivity index (χ0v) is 17.0. The van der Waals surface area contributed by atoms with Gasteiger partial charge in [0.05, 0.1) is 23.8 Å². The van der Waals surface area contributed by atoms with Gasteiger partial charge in [0.25, 0.3) is 0 Å². The Kier molecular flexibility index (Phi) is 5.31. The molecule has 2 aromatic carbocycles. The van der Waals surface area contributed by atoms with Crippen molar-refractivity contribution in [1.29, 1.82) is 0 Å². The van der Waals surface area contributed by atoms with E-state index in [0.29, 0.717) is 16.9 Å². The van der Waals surface area contributed by atoms with E-state index >= 15 is 0 Å². The van der Waals surface area contributed by atoms with E-state index < -0.39 is 17.5 Å². The van der Waals surface area contributed by atoms with Crippen LogP contribution in [-0.2, 0) is 20.5 Å². The Balaban J connectivity index is 1.87. The Bertz CT molecular complexity index is 898. The second kappa shape index (κ2) is 7.40.